The van der Waals surface area contributed by atoms with Crippen LogP contribution in [-0.4, -0.2) is 17.0 Å². The minimum Gasteiger partial charge on any atom is -0.380 e. The fraction of sp³-hybridized carbons (Fsp3) is 0.154. The largest absolute Gasteiger partial charge is 0.380 e. The van der Waals surface area contributed by atoms with Gasteiger partial charge in [0.15, 0.2) is 0 Å². The number of aromatic nitrogens is 1. The highest BCUT2D eigenvalue weighted by atomic mass is 16.6. The molecule has 0 amide bonds. The molecule has 0 spiro atoms. The maximum Gasteiger partial charge on any atom is 0.311 e. The topological polar surface area (TPSA) is 103 Å². The van der Waals surface area contributed by atoms with E-state index in [2.05, 4.69) is 10.3 Å². The van der Waals surface area contributed by atoms with E-state index in [4.69, 9.17) is 10.5 Å². The summed E-state index contributed by atoms with van der Waals surface area (Å²) in [6, 6.07) is 10.4. The van der Waals surface area contributed by atoms with E-state index in [0.29, 0.717) is 12.4 Å². The van der Waals surface area contributed by atoms with Crippen LogP contribution in [-0.2, 0) is 11.3 Å². The molecule has 2 rings (SSSR count). The fourth-order valence-electron chi connectivity index (χ4n) is 1.74. The molecule has 104 valence electrons. The number of nitrogens with zero attached hydrogens (tertiary/aromatic N) is 2. The summed E-state index contributed by atoms with van der Waals surface area (Å²) >= 11 is 0. The van der Waals surface area contributed by atoms with Crippen LogP contribution in [0.25, 0.3) is 0 Å². The molecule has 0 saturated heterocycles. The van der Waals surface area contributed by atoms with E-state index in [1.54, 1.807) is 7.11 Å². The van der Waals surface area contributed by atoms with E-state index in [9.17, 15) is 10.1 Å². The maximum absolute atomic E-state index is 10.7. The second kappa shape index (κ2) is 5.98. The summed E-state index contributed by atoms with van der Waals surface area (Å²) in [4.78, 5) is 14.1. The van der Waals surface area contributed by atoms with Crippen LogP contribution in [0, 0.1) is 10.1 Å². The SMILES string of the molecule is COCc1cccc(Nc2ccc([N+](=O)[O-])c(N)n2)c1. The second-order valence-corrected chi connectivity index (χ2v) is 4.12. The first kappa shape index (κ1) is 13.8. The molecule has 1 heterocycles. The van der Waals surface area contributed by atoms with Crippen molar-refractivity contribution in [3.63, 3.8) is 0 Å². The molecule has 0 aliphatic rings. The molecule has 0 fully saturated rings. The molecule has 7 nitrogen and oxygen atoms in total. The van der Waals surface area contributed by atoms with Gasteiger partial charge in [-0.25, -0.2) is 4.98 Å². The number of anilines is 3. The highest BCUT2D eigenvalue weighted by Gasteiger charge is 2.12. The van der Waals surface area contributed by atoms with Crippen molar-refractivity contribution >= 4 is 23.0 Å². The molecule has 20 heavy (non-hydrogen) atoms. The van der Waals surface area contributed by atoms with E-state index in [1.807, 2.05) is 24.3 Å². The summed E-state index contributed by atoms with van der Waals surface area (Å²) in [6.07, 6.45) is 0. The van der Waals surface area contributed by atoms with Crippen molar-refractivity contribution in [2.45, 2.75) is 6.61 Å². The molecule has 0 bridgehead atoms. The highest BCUT2D eigenvalue weighted by molar-refractivity contribution is 5.62. The van der Waals surface area contributed by atoms with E-state index in [1.165, 1.54) is 12.1 Å². The molecular formula is C13H14N4O3. The molecule has 1 aromatic heterocycles. The number of benzene rings is 1. The lowest BCUT2D eigenvalue weighted by molar-refractivity contribution is -0.384. The summed E-state index contributed by atoms with van der Waals surface area (Å²) in [6.45, 7) is 0.505. The number of pyridine rings is 1. The standard InChI is InChI=1S/C13H14N4O3/c1-20-8-9-3-2-4-10(7-9)15-12-6-5-11(17(18)19)13(14)16-12/h2-7H,8H2,1H3,(H3,14,15,16). The van der Waals surface area contributed by atoms with Gasteiger partial charge in [-0.1, -0.05) is 12.1 Å². The summed E-state index contributed by atoms with van der Waals surface area (Å²) < 4.78 is 5.06. The van der Waals surface area contributed by atoms with Crippen LogP contribution in [0.5, 0.6) is 0 Å². The number of ether oxygens (including phenoxy) is 1. The van der Waals surface area contributed by atoms with Crippen molar-refractivity contribution in [2.24, 2.45) is 0 Å². The van der Waals surface area contributed by atoms with Gasteiger partial charge < -0.3 is 15.8 Å². The van der Waals surface area contributed by atoms with Crippen molar-refractivity contribution in [3.05, 3.63) is 52.1 Å². The van der Waals surface area contributed by atoms with E-state index in [0.717, 1.165) is 11.3 Å². The summed E-state index contributed by atoms with van der Waals surface area (Å²) in [5.74, 6) is 0.329. The smallest absolute Gasteiger partial charge is 0.311 e. The van der Waals surface area contributed by atoms with E-state index >= 15 is 0 Å². The zero-order valence-corrected chi connectivity index (χ0v) is 10.9. The Hall–Kier alpha value is -2.67. The molecule has 2 aromatic rings. The predicted molar refractivity (Wildman–Crippen MR) is 75.7 cm³/mol. The Kier molecular flexibility index (Phi) is 4.11. The number of nitrogen functional groups attached to an aromatic ring is 1. The third-order valence-corrected chi connectivity index (χ3v) is 2.61. The molecular weight excluding hydrogens is 260 g/mol. The number of rotatable bonds is 5. The van der Waals surface area contributed by atoms with Crippen LogP contribution in [0.2, 0.25) is 0 Å². The van der Waals surface area contributed by atoms with Crippen LogP contribution in [0.1, 0.15) is 5.56 Å². The van der Waals surface area contributed by atoms with Crippen LogP contribution in [0.15, 0.2) is 36.4 Å². The Morgan fingerprint density at radius 3 is 2.85 bits per heavy atom. The number of hydrogen-bond acceptors (Lipinski definition) is 6. The number of nitro groups is 1. The summed E-state index contributed by atoms with van der Waals surface area (Å²) in [5, 5.41) is 13.7. The van der Waals surface area contributed by atoms with Gasteiger partial charge in [0.1, 0.15) is 5.82 Å². The van der Waals surface area contributed by atoms with Gasteiger partial charge in [0.25, 0.3) is 0 Å². The minimum absolute atomic E-state index is 0.118. The first-order valence-electron chi connectivity index (χ1n) is 5.86. The molecule has 0 radical (unpaired) electrons. The molecule has 0 saturated carbocycles. The third-order valence-electron chi connectivity index (χ3n) is 2.61. The first-order chi connectivity index (χ1) is 9.60. The van der Waals surface area contributed by atoms with Crippen LogP contribution in [0.4, 0.5) is 23.0 Å². The normalized spacial score (nSPS) is 10.2. The van der Waals surface area contributed by atoms with Crippen molar-refractivity contribution in [2.75, 3.05) is 18.2 Å². The summed E-state index contributed by atoms with van der Waals surface area (Å²) in [7, 11) is 1.62. The van der Waals surface area contributed by atoms with Gasteiger partial charge in [-0.05, 0) is 23.8 Å². The maximum atomic E-state index is 10.7. The Balaban J connectivity index is 2.19. The first-order valence-corrected chi connectivity index (χ1v) is 5.86. The fourth-order valence-corrected chi connectivity index (χ4v) is 1.74. The van der Waals surface area contributed by atoms with Crippen LogP contribution in [0.3, 0.4) is 0 Å². The molecule has 0 aliphatic heterocycles. The monoisotopic (exact) mass is 274 g/mol. The summed E-state index contributed by atoms with van der Waals surface area (Å²) in [5.41, 5.74) is 7.15. The van der Waals surface area contributed by atoms with Crippen molar-refractivity contribution in [3.8, 4) is 0 Å². The Bertz CT molecular complexity index is 631. The molecule has 0 aliphatic carbocycles. The van der Waals surface area contributed by atoms with E-state index < -0.39 is 4.92 Å². The average molecular weight is 274 g/mol. The zero-order valence-electron chi connectivity index (χ0n) is 10.9. The van der Waals surface area contributed by atoms with Crippen LogP contribution >= 0.6 is 0 Å². The van der Waals surface area contributed by atoms with Crippen molar-refractivity contribution in [1.82, 2.24) is 4.98 Å². The van der Waals surface area contributed by atoms with Gasteiger partial charge in [0.2, 0.25) is 5.82 Å². The van der Waals surface area contributed by atoms with Gasteiger partial charge in [0, 0.05) is 18.9 Å². The molecule has 7 heteroatoms. The number of nitrogens with one attached hydrogen (secondary N) is 1. The Morgan fingerprint density at radius 2 is 2.20 bits per heavy atom. The minimum atomic E-state index is -0.564. The lowest BCUT2D eigenvalue weighted by Crippen LogP contribution is -2.01. The second-order valence-electron chi connectivity index (χ2n) is 4.12. The third kappa shape index (κ3) is 3.21. The van der Waals surface area contributed by atoms with Gasteiger partial charge in [-0.15, -0.1) is 0 Å². The van der Waals surface area contributed by atoms with Crippen molar-refractivity contribution < 1.29 is 9.66 Å². The molecule has 0 unspecified atom stereocenters. The van der Waals surface area contributed by atoms with Gasteiger partial charge in [0.05, 0.1) is 11.5 Å². The van der Waals surface area contributed by atoms with Gasteiger partial charge in [-0.2, -0.15) is 0 Å². The Labute approximate surface area is 115 Å². The predicted octanol–water partition coefficient (Wildman–Crippen LogP) is 2.46. The quantitative estimate of drug-likeness (QED) is 0.641. The average Bonchev–Trinajstić information content (AvgIpc) is 2.39. The van der Waals surface area contributed by atoms with Gasteiger partial charge >= 0.3 is 5.69 Å². The van der Waals surface area contributed by atoms with Gasteiger partial charge in [-0.3, -0.25) is 10.1 Å². The lowest BCUT2D eigenvalue weighted by Gasteiger charge is -2.08. The molecule has 0 atom stereocenters. The van der Waals surface area contributed by atoms with Crippen molar-refractivity contribution in [1.29, 1.82) is 0 Å². The lowest BCUT2D eigenvalue weighted by atomic mass is 10.2. The zero-order chi connectivity index (χ0) is 14.5. The number of hydrogen-bond donors (Lipinski definition) is 2. The van der Waals surface area contributed by atoms with E-state index in [-0.39, 0.29) is 11.5 Å². The number of nitrogens with two attached hydrogens (primary N) is 1. The van der Waals surface area contributed by atoms with Crippen LogP contribution < -0.4 is 11.1 Å². The highest BCUT2D eigenvalue weighted by Crippen LogP contribution is 2.23. The molecule has 3 N–H and O–H groups in total. The number of methoxy groups -OCH3 is 1. The molecule has 1 aromatic carbocycles. The Morgan fingerprint density at radius 1 is 1.40 bits per heavy atom.